The number of halogens is 1. The first-order chi connectivity index (χ1) is 8.52. The number of imidazole rings is 1. The number of aryl methyl sites for hydroxylation is 3. The molecule has 0 atom stereocenters. The van der Waals surface area contributed by atoms with Gasteiger partial charge in [0.05, 0.1) is 5.69 Å². The first kappa shape index (κ1) is 13.1. The Morgan fingerprint density at radius 2 is 1.83 bits per heavy atom. The second-order valence-corrected chi connectivity index (χ2v) is 5.03. The molecular weight excluding hydrogens is 246 g/mol. The van der Waals surface area contributed by atoms with Crippen LogP contribution in [0.2, 0.25) is 5.15 Å². The minimum absolute atomic E-state index is 0.523. The van der Waals surface area contributed by atoms with E-state index in [4.69, 9.17) is 17.3 Å². The summed E-state index contributed by atoms with van der Waals surface area (Å²) in [4.78, 5) is 7.68. The summed E-state index contributed by atoms with van der Waals surface area (Å²) in [5.74, 6) is 0.832. The van der Waals surface area contributed by atoms with Crippen LogP contribution in [0.25, 0.3) is 11.4 Å². The molecule has 0 amide bonds. The summed E-state index contributed by atoms with van der Waals surface area (Å²) >= 11 is 6.11. The molecule has 1 aromatic heterocycles. The quantitative estimate of drug-likeness (QED) is 0.894. The van der Waals surface area contributed by atoms with Gasteiger partial charge in [0.1, 0.15) is 5.82 Å². The van der Waals surface area contributed by atoms with E-state index in [0.29, 0.717) is 11.7 Å². The molecule has 4 heteroatoms. The number of hydrogen-bond donors (Lipinski definition) is 2. The first-order valence-corrected chi connectivity index (χ1v) is 6.43. The van der Waals surface area contributed by atoms with E-state index in [-0.39, 0.29) is 0 Å². The molecule has 0 aliphatic heterocycles. The highest BCUT2D eigenvalue weighted by molar-refractivity contribution is 6.30. The third-order valence-electron chi connectivity index (χ3n) is 3.04. The first-order valence-electron chi connectivity index (χ1n) is 6.05. The molecule has 0 radical (unpaired) electrons. The molecule has 3 N–H and O–H groups in total. The Morgan fingerprint density at radius 3 is 2.39 bits per heavy atom. The minimum Gasteiger partial charge on any atom is -0.340 e. The Balaban J connectivity index is 2.52. The van der Waals surface area contributed by atoms with Crippen LogP contribution in [0, 0.1) is 20.8 Å². The Bertz CT molecular complexity index is 549. The number of benzene rings is 1. The smallest absolute Gasteiger partial charge is 0.150 e. The fourth-order valence-electron chi connectivity index (χ4n) is 2.37. The van der Waals surface area contributed by atoms with E-state index in [1.807, 2.05) is 0 Å². The van der Waals surface area contributed by atoms with Gasteiger partial charge in [-0.2, -0.15) is 0 Å². The van der Waals surface area contributed by atoms with Crippen LogP contribution in [0.5, 0.6) is 0 Å². The molecule has 2 rings (SSSR count). The van der Waals surface area contributed by atoms with Crippen molar-refractivity contribution in [3.63, 3.8) is 0 Å². The van der Waals surface area contributed by atoms with Crippen LogP contribution in [0.1, 0.15) is 22.4 Å². The molecule has 2 aromatic rings. The zero-order valence-electron chi connectivity index (χ0n) is 11.0. The molecule has 0 bridgehead atoms. The van der Waals surface area contributed by atoms with Gasteiger partial charge in [-0.15, -0.1) is 0 Å². The lowest BCUT2D eigenvalue weighted by Crippen LogP contribution is -2.03. The third kappa shape index (κ3) is 2.42. The number of aromatic amines is 1. The Kier molecular flexibility index (Phi) is 3.73. The van der Waals surface area contributed by atoms with E-state index in [2.05, 4.69) is 42.9 Å². The van der Waals surface area contributed by atoms with Crippen molar-refractivity contribution in [2.45, 2.75) is 27.2 Å². The molecule has 18 heavy (non-hydrogen) atoms. The summed E-state index contributed by atoms with van der Waals surface area (Å²) in [6.45, 7) is 6.84. The van der Waals surface area contributed by atoms with Crippen molar-refractivity contribution in [1.29, 1.82) is 0 Å². The predicted molar refractivity (Wildman–Crippen MR) is 76.0 cm³/mol. The van der Waals surface area contributed by atoms with Gasteiger partial charge in [0.25, 0.3) is 0 Å². The molecule has 0 aliphatic carbocycles. The van der Waals surface area contributed by atoms with Crippen molar-refractivity contribution in [3.8, 4) is 11.4 Å². The normalized spacial score (nSPS) is 10.9. The number of hydrogen-bond acceptors (Lipinski definition) is 2. The van der Waals surface area contributed by atoms with Crippen LogP contribution in [0.4, 0.5) is 0 Å². The van der Waals surface area contributed by atoms with E-state index in [9.17, 15) is 0 Å². The van der Waals surface area contributed by atoms with Crippen LogP contribution in [-0.4, -0.2) is 16.5 Å². The average molecular weight is 264 g/mol. The zero-order chi connectivity index (χ0) is 13.3. The summed E-state index contributed by atoms with van der Waals surface area (Å²) in [7, 11) is 0. The Hall–Kier alpha value is -1.32. The van der Waals surface area contributed by atoms with Crippen LogP contribution >= 0.6 is 11.6 Å². The molecule has 1 heterocycles. The maximum absolute atomic E-state index is 6.11. The molecule has 0 aliphatic rings. The highest BCUT2D eigenvalue weighted by Gasteiger charge is 2.13. The van der Waals surface area contributed by atoms with Crippen molar-refractivity contribution in [3.05, 3.63) is 39.7 Å². The lowest BCUT2D eigenvalue weighted by molar-refractivity contribution is 0.936. The SMILES string of the molecule is Cc1cc(C)c(-c2nc(Cl)c(CCN)[nH]2)c(C)c1. The number of nitrogens with two attached hydrogens (primary N) is 1. The summed E-state index contributed by atoms with van der Waals surface area (Å²) < 4.78 is 0. The van der Waals surface area contributed by atoms with E-state index in [1.54, 1.807) is 0 Å². The van der Waals surface area contributed by atoms with Gasteiger partial charge in [0.2, 0.25) is 0 Å². The van der Waals surface area contributed by atoms with Gasteiger partial charge in [-0.3, -0.25) is 0 Å². The van der Waals surface area contributed by atoms with Crippen molar-refractivity contribution in [1.82, 2.24) is 9.97 Å². The monoisotopic (exact) mass is 263 g/mol. The van der Waals surface area contributed by atoms with Crippen molar-refractivity contribution in [2.24, 2.45) is 5.73 Å². The van der Waals surface area contributed by atoms with Crippen LogP contribution in [0.15, 0.2) is 12.1 Å². The van der Waals surface area contributed by atoms with Crippen LogP contribution in [0.3, 0.4) is 0 Å². The van der Waals surface area contributed by atoms with Crippen molar-refractivity contribution >= 4 is 11.6 Å². The molecule has 0 spiro atoms. The van der Waals surface area contributed by atoms with Crippen LogP contribution in [-0.2, 0) is 6.42 Å². The summed E-state index contributed by atoms with van der Waals surface area (Å²) in [6.07, 6.45) is 0.718. The lowest BCUT2D eigenvalue weighted by Gasteiger charge is -2.08. The summed E-state index contributed by atoms with van der Waals surface area (Å²) in [5.41, 5.74) is 11.3. The molecule has 0 unspecified atom stereocenters. The summed E-state index contributed by atoms with van der Waals surface area (Å²) in [6, 6.07) is 4.31. The van der Waals surface area contributed by atoms with Gasteiger partial charge in [0, 0.05) is 12.0 Å². The fourth-order valence-corrected chi connectivity index (χ4v) is 2.60. The van der Waals surface area contributed by atoms with Gasteiger partial charge >= 0.3 is 0 Å². The van der Waals surface area contributed by atoms with Crippen molar-refractivity contribution < 1.29 is 0 Å². The number of aromatic nitrogens is 2. The molecule has 1 aromatic carbocycles. The number of nitrogens with zero attached hydrogens (tertiary/aromatic N) is 1. The minimum atomic E-state index is 0.523. The largest absolute Gasteiger partial charge is 0.340 e. The highest BCUT2D eigenvalue weighted by Crippen LogP contribution is 2.28. The Morgan fingerprint density at radius 1 is 1.22 bits per heavy atom. The van der Waals surface area contributed by atoms with E-state index in [1.165, 1.54) is 16.7 Å². The number of nitrogens with one attached hydrogen (secondary N) is 1. The molecule has 96 valence electrons. The number of H-pyrrole nitrogens is 1. The maximum Gasteiger partial charge on any atom is 0.150 e. The maximum atomic E-state index is 6.11. The standard InChI is InChI=1S/C14H18ClN3/c1-8-6-9(2)12(10(3)7-8)14-17-11(4-5-16)13(15)18-14/h6-7H,4-5,16H2,1-3H3,(H,17,18). The Labute approximate surface area is 112 Å². The molecule has 0 saturated heterocycles. The zero-order valence-corrected chi connectivity index (χ0v) is 11.7. The predicted octanol–water partition coefficient (Wildman–Crippen LogP) is 3.16. The summed E-state index contributed by atoms with van der Waals surface area (Å²) in [5, 5.41) is 0.523. The topological polar surface area (TPSA) is 54.7 Å². The van der Waals surface area contributed by atoms with E-state index in [0.717, 1.165) is 23.5 Å². The second-order valence-electron chi connectivity index (χ2n) is 4.67. The van der Waals surface area contributed by atoms with Gasteiger partial charge in [-0.1, -0.05) is 29.3 Å². The van der Waals surface area contributed by atoms with E-state index >= 15 is 0 Å². The van der Waals surface area contributed by atoms with Gasteiger partial charge in [0.15, 0.2) is 5.15 Å². The van der Waals surface area contributed by atoms with Gasteiger partial charge < -0.3 is 10.7 Å². The molecule has 3 nitrogen and oxygen atoms in total. The third-order valence-corrected chi connectivity index (χ3v) is 3.35. The molecule has 0 fully saturated rings. The lowest BCUT2D eigenvalue weighted by atomic mass is 9.99. The highest BCUT2D eigenvalue weighted by atomic mass is 35.5. The van der Waals surface area contributed by atoms with Gasteiger partial charge in [-0.05, 0) is 38.4 Å². The second kappa shape index (κ2) is 5.12. The fraction of sp³-hybridized carbons (Fsp3) is 0.357. The number of rotatable bonds is 3. The molecule has 0 saturated carbocycles. The van der Waals surface area contributed by atoms with E-state index < -0.39 is 0 Å². The van der Waals surface area contributed by atoms with Crippen molar-refractivity contribution in [2.75, 3.05) is 6.54 Å². The van der Waals surface area contributed by atoms with Gasteiger partial charge in [-0.25, -0.2) is 4.98 Å². The van der Waals surface area contributed by atoms with Crippen LogP contribution < -0.4 is 5.73 Å². The molecular formula is C14H18ClN3. The average Bonchev–Trinajstić information content (AvgIpc) is 2.59.